The molecule has 1 aromatic heterocycles. The molecule has 142 valence electrons. The number of piperidine rings is 1. The van der Waals surface area contributed by atoms with E-state index in [1.807, 2.05) is 0 Å². The Labute approximate surface area is 144 Å². The van der Waals surface area contributed by atoms with Crippen molar-refractivity contribution >= 4 is 15.9 Å². The molecule has 1 fully saturated rings. The number of aromatic nitrogens is 1. The maximum absolute atomic E-state index is 12.7. The minimum absolute atomic E-state index is 0.0433. The van der Waals surface area contributed by atoms with Gasteiger partial charge in [-0.05, 0) is 26.0 Å². The van der Waals surface area contributed by atoms with Crippen LogP contribution in [0.1, 0.15) is 23.3 Å². The first-order valence-corrected chi connectivity index (χ1v) is 9.17. The number of sulfonamides is 1. The van der Waals surface area contributed by atoms with Gasteiger partial charge in [0.2, 0.25) is 10.0 Å². The van der Waals surface area contributed by atoms with Crippen molar-refractivity contribution in [2.24, 2.45) is 7.05 Å². The number of hydrogen-bond donors (Lipinski definition) is 2. The Kier molecular flexibility index (Phi) is 5.79. The van der Waals surface area contributed by atoms with Gasteiger partial charge in [-0.2, -0.15) is 17.5 Å². The monoisotopic (exact) mass is 382 g/mol. The van der Waals surface area contributed by atoms with Crippen LogP contribution in [0, 0.1) is 0 Å². The predicted molar refractivity (Wildman–Crippen MR) is 84.6 cm³/mol. The van der Waals surface area contributed by atoms with Crippen molar-refractivity contribution in [2.75, 3.05) is 26.7 Å². The van der Waals surface area contributed by atoms with E-state index in [1.54, 1.807) is 12.4 Å². The maximum Gasteiger partial charge on any atom is 0.405 e. The molecule has 2 N–H and O–H groups in total. The van der Waals surface area contributed by atoms with Crippen LogP contribution in [-0.2, 0) is 17.1 Å². The fourth-order valence-electron chi connectivity index (χ4n) is 2.72. The molecule has 0 aromatic carbocycles. The van der Waals surface area contributed by atoms with Crippen LogP contribution in [0.5, 0.6) is 0 Å². The number of alkyl halides is 3. The zero-order valence-electron chi connectivity index (χ0n) is 13.9. The summed E-state index contributed by atoms with van der Waals surface area (Å²) in [6.07, 6.45) is -1.73. The number of amides is 1. The van der Waals surface area contributed by atoms with Gasteiger partial charge in [-0.1, -0.05) is 0 Å². The second kappa shape index (κ2) is 7.34. The molecule has 11 heteroatoms. The van der Waals surface area contributed by atoms with Crippen LogP contribution in [0.4, 0.5) is 13.2 Å². The summed E-state index contributed by atoms with van der Waals surface area (Å²) in [5.74, 6) is -0.979. The van der Waals surface area contributed by atoms with E-state index < -0.39 is 28.7 Å². The fraction of sp³-hybridized carbons (Fsp3) is 0.643. The molecule has 1 atom stereocenters. The van der Waals surface area contributed by atoms with E-state index >= 15 is 0 Å². The first-order valence-electron chi connectivity index (χ1n) is 7.73. The third-order valence-electron chi connectivity index (χ3n) is 4.09. The van der Waals surface area contributed by atoms with E-state index in [0.29, 0.717) is 19.5 Å². The number of hydrogen-bond acceptors (Lipinski definition) is 4. The van der Waals surface area contributed by atoms with Crippen molar-refractivity contribution in [1.82, 2.24) is 19.5 Å². The van der Waals surface area contributed by atoms with Crippen molar-refractivity contribution in [3.05, 3.63) is 18.0 Å². The van der Waals surface area contributed by atoms with Crippen molar-refractivity contribution < 1.29 is 26.4 Å². The highest BCUT2D eigenvalue weighted by Crippen LogP contribution is 2.22. The quantitative estimate of drug-likeness (QED) is 0.785. The first kappa shape index (κ1) is 19.7. The average molecular weight is 382 g/mol. The molecule has 1 aliphatic rings. The topological polar surface area (TPSA) is 83.4 Å². The average Bonchev–Trinajstić information content (AvgIpc) is 2.94. The lowest BCUT2D eigenvalue weighted by molar-refractivity contribution is -0.123. The summed E-state index contributed by atoms with van der Waals surface area (Å²) in [7, 11) is -0.646. The Morgan fingerprint density at radius 2 is 2.08 bits per heavy atom. The Hall–Kier alpha value is -1.59. The summed E-state index contributed by atoms with van der Waals surface area (Å²) in [6.45, 7) is -0.802. The zero-order valence-corrected chi connectivity index (χ0v) is 14.7. The van der Waals surface area contributed by atoms with Crippen LogP contribution >= 0.6 is 0 Å². The fourth-order valence-corrected chi connectivity index (χ4v) is 4.31. The van der Waals surface area contributed by atoms with E-state index in [4.69, 9.17) is 0 Å². The molecule has 1 unspecified atom stereocenters. The summed E-state index contributed by atoms with van der Waals surface area (Å²) in [5, 5.41) is 4.78. The molecule has 1 amide bonds. The van der Waals surface area contributed by atoms with Gasteiger partial charge in [0.05, 0.1) is 0 Å². The van der Waals surface area contributed by atoms with Crippen LogP contribution in [0.25, 0.3) is 0 Å². The lowest BCUT2D eigenvalue weighted by atomic mass is 10.1. The molecule has 2 rings (SSSR count). The molecule has 0 bridgehead atoms. The number of carbonyl (C=O) groups is 1. The second-order valence-corrected chi connectivity index (χ2v) is 7.90. The van der Waals surface area contributed by atoms with E-state index in [9.17, 15) is 26.4 Å². The van der Waals surface area contributed by atoms with Gasteiger partial charge in [-0.15, -0.1) is 0 Å². The number of carbonyl (C=O) groups excluding carboxylic acids is 1. The van der Waals surface area contributed by atoms with Gasteiger partial charge in [-0.25, -0.2) is 8.42 Å². The lowest BCUT2D eigenvalue weighted by Gasteiger charge is -2.31. The molecular weight excluding hydrogens is 361 g/mol. The molecule has 1 saturated heterocycles. The Bertz CT molecular complexity index is 730. The van der Waals surface area contributed by atoms with Crippen LogP contribution in [0.2, 0.25) is 0 Å². The largest absolute Gasteiger partial charge is 0.405 e. The summed E-state index contributed by atoms with van der Waals surface area (Å²) in [5.41, 5.74) is -0.148. The molecule has 0 aliphatic carbocycles. The number of nitrogens with one attached hydrogen (secondary N) is 2. The van der Waals surface area contributed by atoms with Crippen molar-refractivity contribution in [1.29, 1.82) is 0 Å². The van der Waals surface area contributed by atoms with Gasteiger partial charge >= 0.3 is 6.18 Å². The number of rotatable bonds is 5. The van der Waals surface area contributed by atoms with E-state index in [2.05, 4.69) is 5.32 Å². The minimum Gasteiger partial charge on any atom is -0.345 e. The maximum atomic E-state index is 12.7. The zero-order chi connectivity index (χ0) is 18.8. The smallest absolute Gasteiger partial charge is 0.345 e. The molecule has 25 heavy (non-hydrogen) atoms. The summed E-state index contributed by atoms with van der Waals surface area (Å²) in [4.78, 5) is 11.8. The van der Waals surface area contributed by atoms with Gasteiger partial charge in [-0.3, -0.25) is 4.79 Å². The third-order valence-corrected chi connectivity index (χ3v) is 5.92. The van der Waals surface area contributed by atoms with Gasteiger partial charge in [0.25, 0.3) is 5.91 Å². The van der Waals surface area contributed by atoms with Crippen molar-refractivity contribution in [3.8, 4) is 0 Å². The highest BCUT2D eigenvalue weighted by Gasteiger charge is 2.32. The minimum atomic E-state index is -4.54. The molecule has 1 aromatic rings. The summed E-state index contributed by atoms with van der Waals surface area (Å²) < 4.78 is 64.6. The molecule has 0 radical (unpaired) electrons. The molecule has 0 spiro atoms. The standard InChI is InChI=1S/C14H21F3N4O3S/c1-18-10-4-3-5-21(7-10)25(23,24)11-6-12(20(2)8-11)13(22)19-9-14(15,16)17/h6,8,10,18H,3-5,7,9H2,1-2H3,(H,19,22). The first-order chi connectivity index (χ1) is 11.5. The molecular formula is C14H21F3N4O3S. The molecule has 2 heterocycles. The summed E-state index contributed by atoms with van der Waals surface area (Å²) >= 11 is 0. The second-order valence-electron chi connectivity index (χ2n) is 5.96. The number of aryl methyl sites for hydroxylation is 1. The van der Waals surface area contributed by atoms with E-state index in [0.717, 1.165) is 12.5 Å². The number of halogens is 3. The van der Waals surface area contributed by atoms with Crippen molar-refractivity contribution in [3.63, 3.8) is 0 Å². The Morgan fingerprint density at radius 3 is 2.68 bits per heavy atom. The Balaban J connectivity index is 2.19. The number of likely N-dealkylation sites (N-methyl/N-ethyl adjacent to an activating group) is 1. The van der Waals surface area contributed by atoms with E-state index in [1.165, 1.54) is 22.1 Å². The van der Waals surface area contributed by atoms with Crippen LogP contribution < -0.4 is 10.6 Å². The molecule has 1 aliphatic heterocycles. The molecule has 0 saturated carbocycles. The van der Waals surface area contributed by atoms with E-state index in [-0.39, 0.29) is 16.6 Å². The van der Waals surface area contributed by atoms with Gasteiger partial charge in [0.1, 0.15) is 17.1 Å². The lowest BCUT2D eigenvalue weighted by Crippen LogP contribution is -2.46. The van der Waals surface area contributed by atoms with Crippen LogP contribution in [0.15, 0.2) is 17.2 Å². The third kappa shape index (κ3) is 4.73. The summed E-state index contributed by atoms with van der Waals surface area (Å²) in [6, 6.07) is 1.14. The number of nitrogens with zero attached hydrogens (tertiary/aromatic N) is 2. The van der Waals surface area contributed by atoms with Crippen molar-refractivity contribution in [2.45, 2.75) is 30.0 Å². The predicted octanol–water partition coefficient (Wildman–Crippen LogP) is 0.690. The highest BCUT2D eigenvalue weighted by molar-refractivity contribution is 7.89. The molecule has 7 nitrogen and oxygen atoms in total. The Morgan fingerprint density at radius 1 is 1.40 bits per heavy atom. The van der Waals surface area contributed by atoms with Crippen LogP contribution in [0.3, 0.4) is 0 Å². The van der Waals surface area contributed by atoms with Gasteiger partial charge < -0.3 is 15.2 Å². The SMILES string of the molecule is CNC1CCCN(S(=O)(=O)c2cc(C(=O)NCC(F)(F)F)n(C)c2)C1. The van der Waals surface area contributed by atoms with Gasteiger partial charge in [0, 0.05) is 32.4 Å². The van der Waals surface area contributed by atoms with Crippen LogP contribution in [-0.4, -0.2) is 62.1 Å². The highest BCUT2D eigenvalue weighted by atomic mass is 32.2. The van der Waals surface area contributed by atoms with Gasteiger partial charge in [0.15, 0.2) is 0 Å². The normalized spacial score (nSPS) is 19.8.